The van der Waals surface area contributed by atoms with Crippen molar-refractivity contribution in [3.8, 4) is 0 Å². The summed E-state index contributed by atoms with van der Waals surface area (Å²) in [6.07, 6.45) is 0. The summed E-state index contributed by atoms with van der Waals surface area (Å²) in [5, 5.41) is 0.395. The normalized spacial score (nSPS) is 10.3. The highest BCUT2D eigenvalue weighted by atomic mass is 79.9. The molecule has 18 heavy (non-hydrogen) atoms. The Bertz CT molecular complexity index is 564. The van der Waals surface area contributed by atoms with Gasteiger partial charge < -0.3 is 10.5 Å². The second-order valence-corrected chi connectivity index (χ2v) is 5.43. The molecule has 0 unspecified atom stereocenters. The Morgan fingerprint density at radius 3 is 2.94 bits per heavy atom. The number of carbonyl (C=O) groups is 1. The molecule has 0 saturated carbocycles. The number of rotatable bonds is 3. The lowest BCUT2D eigenvalue weighted by molar-refractivity contribution is 0.0473. The molecule has 0 atom stereocenters. The average Bonchev–Trinajstić information content (AvgIpc) is 2.66. The van der Waals surface area contributed by atoms with E-state index < -0.39 is 5.97 Å². The molecule has 6 heteroatoms. The van der Waals surface area contributed by atoms with E-state index >= 15 is 0 Å². The topological polar surface area (TPSA) is 65.2 Å². The van der Waals surface area contributed by atoms with Crippen LogP contribution in [0.4, 0.5) is 5.00 Å². The quantitative estimate of drug-likeness (QED) is 0.880. The molecule has 94 valence electrons. The van der Waals surface area contributed by atoms with Crippen molar-refractivity contribution in [1.29, 1.82) is 0 Å². The molecular formula is C12H11BrN2O2S. The molecule has 0 fully saturated rings. The molecule has 1 aromatic heterocycles. The number of anilines is 1. The van der Waals surface area contributed by atoms with Crippen LogP contribution in [0, 0.1) is 6.92 Å². The van der Waals surface area contributed by atoms with Gasteiger partial charge in [-0.15, -0.1) is 0 Å². The molecule has 0 amide bonds. The zero-order valence-electron chi connectivity index (χ0n) is 9.64. The van der Waals surface area contributed by atoms with Gasteiger partial charge in [0.1, 0.15) is 17.2 Å². The van der Waals surface area contributed by atoms with Gasteiger partial charge in [0.15, 0.2) is 0 Å². The summed E-state index contributed by atoms with van der Waals surface area (Å²) in [4.78, 5) is 11.9. The first-order valence-corrected chi connectivity index (χ1v) is 6.78. The summed E-state index contributed by atoms with van der Waals surface area (Å²) in [6, 6.07) is 7.59. The second kappa shape index (κ2) is 5.49. The van der Waals surface area contributed by atoms with Crippen molar-refractivity contribution in [1.82, 2.24) is 4.37 Å². The maximum absolute atomic E-state index is 11.9. The van der Waals surface area contributed by atoms with E-state index in [-0.39, 0.29) is 6.61 Å². The molecule has 1 heterocycles. The monoisotopic (exact) mass is 326 g/mol. The Balaban J connectivity index is 2.05. The van der Waals surface area contributed by atoms with Crippen LogP contribution in [0.5, 0.6) is 0 Å². The largest absolute Gasteiger partial charge is 0.457 e. The zero-order chi connectivity index (χ0) is 13.1. The summed E-state index contributed by atoms with van der Waals surface area (Å²) in [5.41, 5.74) is 7.58. The molecule has 2 N–H and O–H groups in total. The van der Waals surface area contributed by atoms with Gasteiger partial charge in [0.25, 0.3) is 0 Å². The summed E-state index contributed by atoms with van der Waals surface area (Å²) < 4.78 is 10.2. The minimum absolute atomic E-state index is 0.215. The number of nitrogens with two attached hydrogens (primary N) is 1. The highest BCUT2D eigenvalue weighted by Crippen LogP contribution is 2.22. The fourth-order valence-corrected chi connectivity index (χ4v) is 2.58. The van der Waals surface area contributed by atoms with Crippen LogP contribution in [0.15, 0.2) is 28.7 Å². The summed E-state index contributed by atoms with van der Waals surface area (Å²) in [5.74, 6) is -0.432. The van der Waals surface area contributed by atoms with Crippen LogP contribution in [0.2, 0.25) is 0 Å². The van der Waals surface area contributed by atoms with Crippen molar-refractivity contribution in [2.45, 2.75) is 13.5 Å². The Labute approximate surface area is 117 Å². The Hall–Kier alpha value is -1.40. The highest BCUT2D eigenvalue weighted by molar-refractivity contribution is 9.10. The van der Waals surface area contributed by atoms with E-state index in [1.807, 2.05) is 24.3 Å². The predicted octanol–water partition coefficient (Wildman–Crippen LogP) is 3.15. The van der Waals surface area contributed by atoms with Gasteiger partial charge in [0.05, 0.1) is 5.69 Å². The molecule has 0 saturated heterocycles. The van der Waals surface area contributed by atoms with E-state index in [9.17, 15) is 4.79 Å². The van der Waals surface area contributed by atoms with E-state index in [4.69, 9.17) is 10.5 Å². The molecule has 0 bridgehead atoms. The standard InChI is InChI=1S/C12H11BrN2O2S/c1-7-10(11(14)18-15-7)12(16)17-6-8-3-2-4-9(13)5-8/h2-5H,6,14H2,1H3. The molecule has 0 spiro atoms. The van der Waals surface area contributed by atoms with Crippen LogP contribution in [-0.4, -0.2) is 10.3 Å². The van der Waals surface area contributed by atoms with Gasteiger partial charge in [-0.25, -0.2) is 4.79 Å². The third-order valence-electron chi connectivity index (χ3n) is 2.35. The third kappa shape index (κ3) is 2.88. The first-order chi connectivity index (χ1) is 8.58. The Kier molecular flexibility index (Phi) is 3.98. The number of benzene rings is 1. The number of halogens is 1. The van der Waals surface area contributed by atoms with Gasteiger partial charge in [-0.2, -0.15) is 4.37 Å². The minimum atomic E-state index is -0.432. The highest BCUT2D eigenvalue weighted by Gasteiger charge is 2.17. The minimum Gasteiger partial charge on any atom is -0.457 e. The molecule has 0 aliphatic heterocycles. The van der Waals surface area contributed by atoms with Crippen LogP contribution in [0.3, 0.4) is 0 Å². The number of carbonyl (C=O) groups excluding carboxylic acids is 1. The van der Waals surface area contributed by atoms with E-state index in [1.54, 1.807) is 6.92 Å². The van der Waals surface area contributed by atoms with Crippen molar-refractivity contribution in [3.63, 3.8) is 0 Å². The van der Waals surface area contributed by atoms with Gasteiger partial charge in [-0.05, 0) is 36.2 Å². The van der Waals surface area contributed by atoms with Crippen LogP contribution in [0.25, 0.3) is 0 Å². The number of nitrogen functional groups attached to an aromatic ring is 1. The van der Waals surface area contributed by atoms with Crippen molar-refractivity contribution >= 4 is 38.4 Å². The number of aryl methyl sites for hydroxylation is 1. The molecule has 2 rings (SSSR count). The number of aromatic nitrogens is 1. The maximum Gasteiger partial charge on any atom is 0.343 e. The Morgan fingerprint density at radius 1 is 1.56 bits per heavy atom. The molecule has 2 aromatic rings. The van der Waals surface area contributed by atoms with Gasteiger partial charge in [0.2, 0.25) is 0 Å². The predicted molar refractivity (Wildman–Crippen MR) is 74.5 cm³/mol. The van der Waals surface area contributed by atoms with E-state index in [1.165, 1.54) is 0 Å². The molecule has 4 nitrogen and oxygen atoms in total. The second-order valence-electron chi connectivity index (χ2n) is 3.71. The molecule has 1 aromatic carbocycles. The number of hydrogen-bond donors (Lipinski definition) is 1. The van der Waals surface area contributed by atoms with Gasteiger partial charge in [0, 0.05) is 4.47 Å². The molecule has 0 radical (unpaired) electrons. The summed E-state index contributed by atoms with van der Waals surface area (Å²) in [7, 11) is 0. The molecule has 0 aliphatic carbocycles. The van der Waals surface area contributed by atoms with Crippen molar-refractivity contribution in [3.05, 3.63) is 45.6 Å². The lowest BCUT2D eigenvalue weighted by atomic mass is 10.2. The number of esters is 1. The van der Waals surface area contributed by atoms with E-state index in [2.05, 4.69) is 20.3 Å². The summed E-state index contributed by atoms with van der Waals surface area (Å²) >= 11 is 4.47. The lowest BCUT2D eigenvalue weighted by Crippen LogP contribution is -2.08. The maximum atomic E-state index is 11.9. The number of hydrogen-bond acceptors (Lipinski definition) is 5. The number of ether oxygens (including phenoxy) is 1. The molecule has 0 aliphatic rings. The Morgan fingerprint density at radius 2 is 2.33 bits per heavy atom. The van der Waals surface area contributed by atoms with Crippen LogP contribution in [0.1, 0.15) is 21.6 Å². The summed E-state index contributed by atoms with van der Waals surface area (Å²) in [6.45, 7) is 1.95. The fourth-order valence-electron chi connectivity index (χ4n) is 1.48. The van der Waals surface area contributed by atoms with Crippen LogP contribution >= 0.6 is 27.5 Å². The van der Waals surface area contributed by atoms with Crippen LogP contribution in [-0.2, 0) is 11.3 Å². The van der Waals surface area contributed by atoms with Crippen molar-refractivity contribution in [2.75, 3.05) is 5.73 Å². The van der Waals surface area contributed by atoms with E-state index in [0.29, 0.717) is 16.3 Å². The van der Waals surface area contributed by atoms with Gasteiger partial charge in [-0.1, -0.05) is 28.1 Å². The van der Waals surface area contributed by atoms with Crippen molar-refractivity contribution in [2.24, 2.45) is 0 Å². The van der Waals surface area contributed by atoms with Crippen LogP contribution < -0.4 is 5.73 Å². The fraction of sp³-hybridized carbons (Fsp3) is 0.167. The molecular weight excluding hydrogens is 316 g/mol. The SMILES string of the molecule is Cc1nsc(N)c1C(=O)OCc1cccc(Br)c1. The van der Waals surface area contributed by atoms with Gasteiger partial charge in [-0.3, -0.25) is 0 Å². The first-order valence-electron chi connectivity index (χ1n) is 5.21. The van der Waals surface area contributed by atoms with Gasteiger partial charge >= 0.3 is 5.97 Å². The number of nitrogens with zero attached hydrogens (tertiary/aromatic N) is 1. The zero-order valence-corrected chi connectivity index (χ0v) is 12.0. The smallest absolute Gasteiger partial charge is 0.343 e. The first kappa shape index (κ1) is 13.0. The third-order valence-corrected chi connectivity index (χ3v) is 3.61. The van der Waals surface area contributed by atoms with E-state index in [0.717, 1.165) is 21.6 Å². The van der Waals surface area contributed by atoms with Crippen molar-refractivity contribution < 1.29 is 9.53 Å². The lowest BCUT2D eigenvalue weighted by Gasteiger charge is -2.05. The average molecular weight is 327 g/mol.